The molecular weight excluding hydrogens is 318 g/mol. The van der Waals surface area contributed by atoms with Gasteiger partial charge in [-0.15, -0.1) is 0 Å². The van der Waals surface area contributed by atoms with E-state index in [1.807, 2.05) is 0 Å². The summed E-state index contributed by atoms with van der Waals surface area (Å²) >= 11 is 0. The van der Waals surface area contributed by atoms with Gasteiger partial charge in [0.2, 0.25) is 0 Å². The van der Waals surface area contributed by atoms with E-state index in [1.54, 1.807) is 0 Å². The van der Waals surface area contributed by atoms with Gasteiger partial charge in [-0.1, -0.05) is 19.3 Å². The van der Waals surface area contributed by atoms with Crippen LogP contribution >= 0.6 is 0 Å². The van der Waals surface area contributed by atoms with Crippen molar-refractivity contribution in [2.45, 2.75) is 56.8 Å². The van der Waals surface area contributed by atoms with Crippen LogP contribution in [0.5, 0.6) is 0 Å². The van der Waals surface area contributed by atoms with Crippen molar-refractivity contribution in [2.24, 2.45) is 11.7 Å². The average molecular weight is 347 g/mol. The minimum absolute atomic E-state index is 0.157. The zero-order valence-corrected chi connectivity index (χ0v) is 14.5. The first-order valence-electron chi connectivity index (χ1n) is 8.80. The maximum Gasteiger partial charge on any atom is 0.279 e. The lowest BCUT2D eigenvalue weighted by molar-refractivity contribution is -0.179. The van der Waals surface area contributed by atoms with Crippen molar-refractivity contribution in [3.8, 4) is 0 Å². The van der Waals surface area contributed by atoms with Gasteiger partial charge in [-0.2, -0.15) is 17.4 Å². The molecule has 1 aliphatic carbocycles. The zero-order valence-electron chi connectivity index (χ0n) is 13.7. The summed E-state index contributed by atoms with van der Waals surface area (Å²) in [5, 5.41) is 0. The van der Waals surface area contributed by atoms with Gasteiger partial charge in [0.05, 0.1) is 13.2 Å². The minimum atomic E-state index is -3.50. The second-order valence-electron chi connectivity index (χ2n) is 6.87. The van der Waals surface area contributed by atoms with Gasteiger partial charge in [0.1, 0.15) is 0 Å². The van der Waals surface area contributed by atoms with Gasteiger partial charge in [-0.05, 0) is 18.8 Å². The molecule has 2 aliphatic heterocycles. The predicted molar refractivity (Wildman–Crippen MR) is 86.9 cm³/mol. The Kier molecular flexibility index (Phi) is 5.60. The van der Waals surface area contributed by atoms with Crippen molar-refractivity contribution in [3.63, 3.8) is 0 Å². The molecule has 3 aliphatic rings. The highest BCUT2D eigenvalue weighted by molar-refractivity contribution is 7.87. The summed E-state index contributed by atoms with van der Waals surface area (Å²) in [7, 11) is -3.50. The maximum atomic E-state index is 12.7. The smallest absolute Gasteiger partial charge is 0.279 e. The molecule has 3 rings (SSSR count). The lowest BCUT2D eigenvalue weighted by Gasteiger charge is -2.38. The highest BCUT2D eigenvalue weighted by Crippen LogP contribution is 2.32. The SMILES string of the molecule is NCC(NS(=O)(=O)N1CCC2(CC1)OCCO2)C1CCCCC1. The van der Waals surface area contributed by atoms with Crippen LogP contribution in [-0.4, -0.2) is 57.4 Å². The highest BCUT2D eigenvalue weighted by Gasteiger charge is 2.43. The Labute approximate surface area is 139 Å². The molecule has 23 heavy (non-hydrogen) atoms. The third kappa shape index (κ3) is 4.05. The topological polar surface area (TPSA) is 93.9 Å². The molecule has 7 nitrogen and oxygen atoms in total. The number of hydrogen-bond donors (Lipinski definition) is 2. The number of hydrogen-bond acceptors (Lipinski definition) is 5. The molecule has 3 N–H and O–H groups in total. The van der Waals surface area contributed by atoms with Crippen LogP contribution in [0, 0.1) is 5.92 Å². The molecule has 0 aromatic heterocycles. The maximum absolute atomic E-state index is 12.7. The highest BCUT2D eigenvalue weighted by atomic mass is 32.2. The van der Waals surface area contributed by atoms with E-state index in [4.69, 9.17) is 15.2 Å². The minimum Gasteiger partial charge on any atom is -0.347 e. The van der Waals surface area contributed by atoms with Crippen LogP contribution in [0.2, 0.25) is 0 Å². The van der Waals surface area contributed by atoms with E-state index in [1.165, 1.54) is 23.6 Å². The number of ether oxygens (including phenoxy) is 2. The van der Waals surface area contributed by atoms with E-state index < -0.39 is 16.0 Å². The first kappa shape index (κ1) is 17.6. The zero-order chi connectivity index (χ0) is 16.3. The van der Waals surface area contributed by atoms with Crippen LogP contribution in [0.25, 0.3) is 0 Å². The second-order valence-corrected chi connectivity index (χ2v) is 8.57. The molecule has 2 saturated heterocycles. The average Bonchev–Trinajstić information content (AvgIpc) is 3.02. The van der Waals surface area contributed by atoms with Crippen molar-refractivity contribution in [2.75, 3.05) is 32.8 Å². The van der Waals surface area contributed by atoms with Crippen LogP contribution in [-0.2, 0) is 19.7 Å². The fraction of sp³-hybridized carbons (Fsp3) is 1.00. The normalized spacial score (nSPS) is 28.2. The summed E-state index contributed by atoms with van der Waals surface area (Å²) in [5.41, 5.74) is 5.85. The number of piperidine rings is 1. The molecule has 134 valence electrons. The lowest BCUT2D eigenvalue weighted by Crippen LogP contribution is -2.55. The first-order valence-corrected chi connectivity index (χ1v) is 10.2. The van der Waals surface area contributed by atoms with Gasteiger partial charge in [0.15, 0.2) is 5.79 Å². The summed E-state index contributed by atoms with van der Waals surface area (Å²) in [5.74, 6) is -0.191. The third-order valence-electron chi connectivity index (χ3n) is 5.41. The number of rotatable bonds is 5. The van der Waals surface area contributed by atoms with E-state index in [-0.39, 0.29) is 6.04 Å². The Morgan fingerprint density at radius 1 is 1.13 bits per heavy atom. The molecule has 0 radical (unpaired) electrons. The van der Waals surface area contributed by atoms with Gasteiger partial charge in [0, 0.05) is 38.5 Å². The van der Waals surface area contributed by atoms with Crippen LogP contribution < -0.4 is 10.5 Å². The van der Waals surface area contributed by atoms with Crippen molar-refractivity contribution >= 4 is 10.2 Å². The molecule has 1 spiro atoms. The number of nitrogens with two attached hydrogens (primary N) is 1. The summed E-state index contributed by atoms with van der Waals surface area (Å²) in [6.45, 7) is 2.41. The van der Waals surface area contributed by atoms with Crippen LogP contribution in [0.4, 0.5) is 0 Å². The molecule has 3 fully saturated rings. The Morgan fingerprint density at radius 2 is 1.74 bits per heavy atom. The first-order chi connectivity index (χ1) is 11.0. The molecule has 0 bridgehead atoms. The fourth-order valence-electron chi connectivity index (χ4n) is 3.99. The van der Waals surface area contributed by atoms with Crippen molar-refractivity contribution < 1.29 is 17.9 Å². The largest absolute Gasteiger partial charge is 0.347 e. The van der Waals surface area contributed by atoms with E-state index in [2.05, 4.69) is 4.72 Å². The molecule has 1 atom stereocenters. The van der Waals surface area contributed by atoms with Crippen LogP contribution in [0.1, 0.15) is 44.9 Å². The van der Waals surface area contributed by atoms with Crippen molar-refractivity contribution in [3.05, 3.63) is 0 Å². The summed E-state index contributed by atoms with van der Waals surface area (Å²) in [6, 6.07) is -0.157. The molecule has 8 heteroatoms. The van der Waals surface area contributed by atoms with Gasteiger partial charge in [-0.25, -0.2) is 0 Å². The van der Waals surface area contributed by atoms with Gasteiger partial charge >= 0.3 is 0 Å². The van der Waals surface area contributed by atoms with E-state index >= 15 is 0 Å². The lowest BCUT2D eigenvalue weighted by atomic mass is 9.84. The standard InChI is InChI=1S/C15H29N3O4S/c16-12-14(13-4-2-1-3-5-13)17-23(19,20)18-8-6-15(7-9-18)21-10-11-22-15/h13-14,17H,1-12,16H2. The van der Waals surface area contributed by atoms with Crippen molar-refractivity contribution in [1.82, 2.24) is 9.03 Å². The summed E-state index contributed by atoms with van der Waals surface area (Å²) < 4.78 is 41.0. The monoisotopic (exact) mass is 347 g/mol. The predicted octanol–water partition coefficient (Wildman–Crippen LogP) is 0.567. The van der Waals surface area contributed by atoms with Gasteiger partial charge in [0.25, 0.3) is 10.2 Å². The Hall–Kier alpha value is -0.250. The quantitative estimate of drug-likeness (QED) is 0.758. The summed E-state index contributed by atoms with van der Waals surface area (Å²) in [4.78, 5) is 0. The van der Waals surface area contributed by atoms with E-state index in [0.717, 1.165) is 12.8 Å². The van der Waals surface area contributed by atoms with Crippen LogP contribution in [0.3, 0.4) is 0 Å². The number of nitrogens with one attached hydrogen (secondary N) is 1. The summed E-state index contributed by atoms with van der Waals surface area (Å²) in [6.07, 6.45) is 6.89. The van der Waals surface area contributed by atoms with Crippen LogP contribution in [0.15, 0.2) is 0 Å². The molecule has 0 aromatic carbocycles. The second kappa shape index (κ2) is 7.33. The molecule has 0 aromatic rings. The fourth-order valence-corrected chi connectivity index (χ4v) is 5.48. The molecular formula is C15H29N3O4S. The Balaban J connectivity index is 1.57. The van der Waals surface area contributed by atoms with E-state index in [0.29, 0.717) is 51.6 Å². The van der Waals surface area contributed by atoms with Gasteiger partial charge in [-0.3, -0.25) is 0 Å². The molecule has 2 heterocycles. The molecule has 1 saturated carbocycles. The van der Waals surface area contributed by atoms with Crippen molar-refractivity contribution in [1.29, 1.82) is 0 Å². The third-order valence-corrected chi connectivity index (χ3v) is 7.06. The Morgan fingerprint density at radius 3 is 2.30 bits per heavy atom. The molecule has 1 unspecified atom stereocenters. The number of nitrogens with zero attached hydrogens (tertiary/aromatic N) is 1. The Bertz CT molecular complexity index is 477. The molecule has 0 amide bonds. The van der Waals surface area contributed by atoms with E-state index in [9.17, 15) is 8.42 Å². The van der Waals surface area contributed by atoms with Gasteiger partial charge < -0.3 is 15.2 Å².